The third-order valence-corrected chi connectivity index (χ3v) is 3.67. The highest BCUT2D eigenvalue weighted by Crippen LogP contribution is 2.25. The van der Waals surface area contributed by atoms with Gasteiger partial charge in [0.05, 0.1) is 10.4 Å². The molecule has 3 aromatic rings. The molecule has 2 aromatic carbocycles. The van der Waals surface area contributed by atoms with Crippen molar-refractivity contribution < 1.29 is 14.8 Å². The lowest BCUT2D eigenvalue weighted by Crippen LogP contribution is -2.16. The zero-order chi connectivity index (χ0) is 18.0. The Morgan fingerprint density at radius 2 is 1.80 bits per heavy atom. The summed E-state index contributed by atoms with van der Waals surface area (Å²) in [4.78, 5) is 37.0. The monoisotopic (exact) mass is 336 g/mol. The van der Waals surface area contributed by atoms with Crippen LogP contribution in [0, 0.1) is 10.1 Å². The second kappa shape index (κ2) is 6.40. The van der Waals surface area contributed by atoms with E-state index < -0.39 is 16.3 Å². The molecule has 0 bridgehead atoms. The molecule has 0 spiro atoms. The number of para-hydroxylation sites is 1. The number of aromatic amines is 1. The van der Waals surface area contributed by atoms with Gasteiger partial charge in [0.1, 0.15) is 11.3 Å². The molecule has 2 N–H and O–H groups in total. The van der Waals surface area contributed by atoms with E-state index in [1.807, 2.05) is 0 Å². The van der Waals surface area contributed by atoms with E-state index >= 15 is 0 Å². The molecule has 0 atom stereocenters. The topological polar surface area (TPSA) is 113 Å². The lowest BCUT2D eigenvalue weighted by molar-refractivity contribution is -0.384. The Balaban J connectivity index is 1.94. The summed E-state index contributed by atoms with van der Waals surface area (Å²) in [6.45, 7) is 0. The van der Waals surface area contributed by atoms with Crippen LogP contribution in [0.4, 0.5) is 5.69 Å². The number of pyridine rings is 1. The largest absolute Gasteiger partial charge is 0.506 e. The second-order valence-electron chi connectivity index (χ2n) is 5.27. The summed E-state index contributed by atoms with van der Waals surface area (Å²) >= 11 is 0. The summed E-state index contributed by atoms with van der Waals surface area (Å²) < 4.78 is 0. The molecule has 25 heavy (non-hydrogen) atoms. The van der Waals surface area contributed by atoms with Crippen molar-refractivity contribution in [2.45, 2.75) is 0 Å². The van der Waals surface area contributed by atoms with Crippen LogP contribution in [0.1, 0.15) is 15.9 Å². The minimum absolute atomic E-state index is 0.0629. The number of allylic oxidation sites excluding steroid dienone is 1. The maximum absolute atomic E-state index is 12.3. The first-order valence-electron chi connectivity index (χ1n) is 7.28. The van der Waals surface area contributed by atoms with Gasteiger partial charge in [0, 0.05) is 17.5 Å². The number of nitro groups is 1. The summed E-state index contributed by atoms with van der Waals surface area (Å²) in [7, 11) is 0. The third-order valence-electron chi connectivity index (χ3n) is 3.67. The van der Waals surface area contributed by atoms with Gasteiger partial charge in [-0.1, -0.05) is 18.2 Å². The Kier molecular flexibility index (Phi) is 4.13. The SMILES string of the molecule is O=C(/C=C/c1ccc([N+](=O)[O-])cc1)c1c(O)c2ccccc2[nH]c1=O. The number of aromatic hydroxyl groups is 1. The summed E-state index contributed by atoms with van der Waals surface area (Å²) in [6, 6.07) is 12.2. The van der Waals surface area contributed by atoms with Gasteiger partial charge in [-0.05, 0) is 35.9 Å². The number of carbonyl (C=O) groups excluding carboxylic acids is 1. The lowest BCUT2D eigenvalue weighted by atomic mass is 10.1. The van der Waals surface area contributed by atoms with Crippen molar-refractivity contribution in [1.29, 1.82) is 0 Å². The van der Waals surface area contributed by atoms with Crippen molar-refractivity contribution in [2.24, 2.45) is 0 Å². The molecule has 7 heteroatoms. The zero-order valence-electron chi connectivity index (χ0n) is 12.8. The van der Waals surface area contributed by atoms with Crippen molar-refractivity contribution >= 4 is 28.4 Å². The molecule has 0 saturated carbocycles. The predicted octanol–water partition coefficient (Wildman–Crippen LogP) is 3.04. The molecule has 3 rings (SSSR count). The molecule has 1 heterocycles. The molecule has 0 radical (unpaired) electrons. The highest BCUT2D eigenvalue weighted by molar-refractivity contribution is 6.11. The lowest BCUT2D eigenvalue weighted by Gasteiger charge is -2.04. The third kappa shape index (κ3) is 3.16. The predicted molar refractivity (Wildman–Crippen MR) is 92.7 cm³/mol. The van der Waals surface area contributed by atoms with Gasteiger partial charge in [0.15, 0.2) is 5.78 Å². The maximum Gasteiger partial charge on any atom is 0.269 e. The van der Waals surface area contributed by atoms with E-state index in [2.05, 4.69) is 4.98 Å². The van der Waals surface area contributed by atoms with E-state index in [0.29, 0.717) is 16.5 Å². The Bertz CT molecular complexity index is 1070. The molecule has 124 valence electrons. The smallest absolute Gasteiger partial charge is 0.269 e. The van der Waals surface area contributed by atoms with Crippen LogP contribution < -0.4 is 5.56 Å². The van der Waals surface area contributed by atoms with Gasteiger partial charge in [0.2, 0.25) is 0 Å². The van der Waals surface area contributed by atoms with Crippen LogP contribution in [0.3, 0.4) is 0 Å². The molecular weight excluding hydrogens is 324 g/mol. The minimum Gasteiger partial charge on any atom is -0.506 e. The van der Waals surface area contributed by atoms with E-state index in [0.717, 1.165) is 6.08 Å². The fourth-order valence-electron chi connectivity index (χ4n) is 2.42. The number of ketones is 1. The van der Waals surface area contributed by atoms with Gasteiger partial charge < -0.3 is 10.1 Å². The fraction of sp³-hybridized carbons (Fsp3) is 0. The number of nitrogens with one attached hydrogen (secondary N) is 1. The van der Waals surface area contributed by atoms with Crippen molar-refractivity contribution in [3.8, 4) is 5.75 Å². The van der Waals surface area contributed by atoms with E-state index in [-0.39, 0.29) is 17.0 Å². The summed E-state index contributed by atoms with van der Waals surface area (Å²) in [5, 5.41) is 21.2. The van der Waals surface area contributed by atoms with Gasteiger partial charge in [-0.25, -0.2) is 0 Å². The molecule has 0 aliphatic rings. The Morgan fingerprint density at radius 3 is 2.48 bits per heavy atom. The second-order valence-corrected chi connectivity index (χ2v) is 5.27. The molecule has 0 amide bonds. The van der Waals surface area contributed by atoms with Crippen LogP contribution >= 0.6 is 0 Å². The Labute approximate surface area is 141 Å². The van der Waals surface area contributed by atoms with Crippen molar-refractivity contribution in [2.75, 3.05) is 0 Å². The van der Waals surface area contributed by atoms with Crippen LogP contribution in [-0.4, -0.2) is 20.8 Å². The van der Waals surface area contributed by atoms with Crippen LogP contribution in [-0.2, 0) is 0 Å². The number of hydrogen-bond acceptors (Lipinski definition) is 5. The van der Waals surface area contributed by atoms with Crippen molar-refractivity contribution in [3.05, 3.63) is 86.2 Å². The molecule has 0 saturated heterocycles. The molecule has 7 nitrogen and oxygen atoms in total. The number of nitro benzene ring substituents is 1. The average molecular weight is 336 g/mol. The van der Waals surface area contributed by atoms with E-state index in [4.69, 9.17) is 0 Å². The summed E-state index contributed by atoms with van der Waals surface area (Å²) in [5.74, 6) is -1.04. The van der Waals surface area contributed by atoms with Gasteiger partial charge >= 0.3 is 0 Å². The molecule has 1 aromatic heterocycles. The van der Waals surface area contributed by atoms with Crippen LogP contribution in [0.2, 0.25) is 0 Å². The number of aromatic nitrogens is 1. The van der Waals surface area contributed by atoms with E-state index in [1.54, 1.807) is 24.3 Å². The molecular formula is C18H12N2O5. The van der Waals surface area contributed by atoms with Crippen LogP contribution in [0.25, 0.3) is 17.0 Å². The molecule has 0 aliphatic carbocycles. The Morgan fingerprint density at radius 1 is 1.12 bits per heavy atom. The van der Waals surface area contributed by atoms with Crippen molar-refractivity contribution in [3.63, 3.8) is 0 Å². The van der Waals surface area contributed by atoms with Gasteiger partial charge in [-0.3, -0.25) is 19.7 Å². The quantitative estimate of drug-likeness (QED) is 0.329. The number of rotatable bonds is 4. The number of carbonyl (C=O) groups is 1. The normalized spacial score (nSPS) is 11.0. The van der Waals surface area contributed by atoms with Gasteiger partial charge in [0.25, 0.3) is 11.2 Å². The molecule has 0 aliphatic heterocycles. The first kappa shape index (κ1) is 16.1. The minimum atomic E-state index is -0.686. The van der Waals surface area contributed by atoms with Gasteiger partial charge in [-0.15, -0.1) is 0 Å². The van der Waals surface area contributed by atoms with E-state index in [9.17, 15) is 24.8 Å². The highest BCUT2D eigenvalue weighted by atomic mass is 16.6. The zero-order valence-corrected chi connectivity index (χ0v) is 12.8. The van der Waals surface area contributed by atoms with Gasteiger partial charge in [-0.2, -0.15) is 0 Å². The number of fused-ring (bicyclic) bond motifs is 1. The fourth-order valence-corrected chi connectivity index (χ4v) is 2.42. The standard InChI is InChI=1S/C18H12N2O5/c21-15(10-7-11-5-8-12(9-6-11)20(24)25)16-17(22)13-3-1-2-4-14(13)19-18(16)23/h1-10H,(H2,19,22,23)/b10-7+. The number of H-pyrrole nitrogens is 1. The first-order valence-corrected chi connectivity index (χ1v) is 7.28. The molecule has 0 unspecified atom stereocenters. The number of benzene rings is 2. The van der Waals surface area contributed by atoms with Crippen LogP contribution in [0.15, 0.2) is 59.4 Å². The number of non-ortho nitro benzene ring substituents is 1. The maximum atomic E-state index is 12.3. The number of hydrogen-bond donors (Lipinski definition) is 2. The molecule has 0 fully saturated rings. The number of nitrogens with zero attached hydrogens (tertiary/aromatic N) is 1. The van der Waals surface area contributed by atoms with E-state index in [1.165, 1.54) is 30.3 Å². The Hall–Kier alpha value is -3.74. The highest BCUT2D eigenvalue weighted by Gasteiger charge is 2.16. The summed E-state index contributed by atoms with van der Waals surface area (Å²) in [6.07, 6.45) is 2.56. The first-order chi connectivity index (χ1) is 12.0. The average Bonchev–Trinajstić information content (AvgIpc) is 2.60. The van der Waals surface area contributed by atoms with Crippen LogP contribution in [0.5, 0.6) is 5.75 Å². The van der Waals surface area contributed by atoms with Crippen molar-refractivity contribution in [1.82, 2.24) is 4.98 Å². The summed E-state index contributed by atoms with van der Waals surface area (Å²) in [5.41, 5.74) is -0.116.